The van der Waals surface area contributed by atoms with Gasteiger partial charge in [0.15, 0.2) is 10.6 Å². The van der Waals surface area contributed by atoms with Crippen LogP contribution in [-0.4, -0.2) is 68.8 Å². The van der Waals surface area contributed by atoms with Crippen LogP contribution in [0.25, 0.3) is 10.7 Å². The van der Waals surface area contributed by atoms with Crippen molar-refractivity contribution in [3.8, 4) is 10.7 Å². The van der Waals surface area contributed by atoms with Crippen LogP contribution < -0.4 is 5.32 Å². The Morgan fingerprint density at radius 2 is 2.00 bits per heavy atom. The first-order chi connectivity index (χ1) is 13.5. The molecule has 3 heterocycles. The third kappa shape index (κ3) is 4.53. The zero-order valence-corrected chi connectivity index (χ0v) is 18.1. The molecule has 2 aromatic rings. The number of nitrogens with zero attached hydrogens (tertiary/aromatic N) is 5. The second-order valence-corrected chi connectivity index (χ2v) is 9.25. The fraction of sp³-hybridized carbons (Fsp3) is 0.632. The van der Waals surface area contributed by atoms with E-state index in [-0.39, 0.29) is 11.9 Å². The van der Waals surface area contributed by atoms with Gasteiger partial charge in [0, 0.05) is 38.3 Å². The summed E-state index contributed by atoms with van der Waals surface area (Å²) in [6.07, 6.45) is 2.38. The molecule has 0 radical (unpaired) electrons. The minimum Gasteiger partial charge on any atom is -0.353 e. The van der Waals surface area contributed by atoms with Crippen molar-refractivity contribution in [2.75, 3.05) is 32.7 Å². The van der Waals surface area contributed by atoms with E-state index in [1.807, 2.05) is 18.5 Å². The van der Waals surface area contributed by atoms with E-state index in [2.05, 4.69) is 37.2 Å². The number of nitrogens with one attached hydrogen (secondary N) is 1. The van der Waals surface area contributed by atoms with Gasteiger partial charge in [0.25, 0.3) is 0 Å². The molecule has 1 saturated heterocycles. The second kappa shape index (κ2) is 8.44. The van der Waals surface area contributed by atoms with Crippen LogP contribution in [0.2, 0.25) is 0 Å². The number of aromatic nitrogens is 3. The van der Waals surface area contributed by atoms with Crippen molar-refractivity contribution in [3.05, 3.63) is 22.3 Å². The van der Waals surface area contributed by atoms with Crippen LogP contribution in [0.4, 0.5) is 0 Å². The molecule has 2 aliphatic rings. The highest BCUT2D eigenvalue weighted by Gasteiger charge is 2.30. The molecule has 9 heteroatoms. The van der Waals surface area contributed by atoms with Gasteiger partial charge in [-0.15, -0.1) is 16.4 Å². The molecule has 1 N–H and O–H groups in total. The monoisotopic (exact) mass is 420 g/mol. The first-order valence-corrected chi connectivity index (χ1v) is 11.3. The van der Waals surface area contributed by atoms with Gasteiger partial charge < -0.3 is 5.32 Å². The van der Waals surface area contributed by atoms with Gasteiger partial charge in [0.1, 0.15) is 0 Å². The first-order valence-electron chi connectivity index (χ1n) is 9.98. The Hall–Kier alpha value is -1.55. The highest BCUT2D eigenvalue weighted by molar-refractivity contribution is 7.71. The van der Waals surface area contributed by atoms with Crippen LogP contribution in [0.1, 0.15) is 32.7 Å². The van der Waals surface area contributed by atoms with E-state index in [0.29, 0.717) is 19.3 Å². The van der Waals surface area contributed by atoms with E-state index in [1.54, 1.807) is 11.3 Å². The largest absolute Gasteiger partial charge is 0.353 e. The van der Waals surface area contributed by atoms with Gasteiger partial charge >= 0.3 is 0 Å². The number of hydrogen-bond donors (Lipinski definition) is 1. The van der Waals surface area contributed by atoms with Gasteiger partial charge in [0.05, 0.1) is 18.1 Å². The molecule has 7 nitrogen and oxygen atoms in total. The van der Waals surface area contributed by atoms with Crippen molar-refractivity contribution in [1.82, 2.24) is 29.5 Å². The maximum absolute atomic E-state index is 12.0. The summed E-state index contributed by atoms with van der Waals surface area (Å²) in [4.78, 5) is 17.7. The predicted molar refractivity (Wildman–Crippen MR) is 114 cm³/mol. The molecule has 0 atom stereocenters. The molecule has 0 aromatic carbocycles. The van der Waals surface area contributed by atoms with Crippen molar-refractivity contribution in [1.29, 1.82) is 0 Å². The maximum atomic E-state index is 12.0. The zero-order valence-electron chi connectivity index (χ0n) is 16.5. The molecule has 0 spiro atoms. The SMILES string of the molecule is CC(C)NC(=O)CN1CCN(Cn2nc(-c3cccs3)n(C3CC3)c2=S)CC1. The Balaban J connectivity index is 1.39. The van der Waals surface area contributed by atoms with E-state index in [0.717, 1.165) is 36.8 Å². The number of rotatable bonds is 7. The lowest BCUT2D eigenvalue weighted by molar-refractivity contribution is -0.123. The fourth-order valence-corrected chi connectivity index (χ4v) is 4.64. The van der Waals surface area contributed by atoms with Crippen LogP contribution in [0.5, 0.6) is 0 Å². The molecule has 1 aliphatic heterocycles. The van der Waals surface area contributed by atoms with E-state index in [1.165, 1.54) is 17.7 Å². The van der Waals surface area contributed by atoms with Crippen molar-refractivity contribution >= 4 is 29.5 Å². The Labute approximate surface area is 174 Å². The van der Waals surface area contributed by atoms with Crippen molar-refractivity contribution < 1.29 is 4.79 Å². The Morgan fingerprint density at radius 1 is 1.29 bits per heavy atom. The number of amides is 1. The molecule has 4 rings (SSSR count). The summed E-state index contributed by atoms with van der Waals surface area (Å²) in [5.41, 5.74) is 0. The van der Waals surface area contributed by atoms with Crippen LogP contribution in [0, 0.1) is 4.77 Å². The van der Waals surface area contributed by atoms with Gasteiger partial charge in [-0.05, 0) is 50.4 Å². The first kappa shape index (κ1) is 19.8. The second-order valence-electron chi connectivity index (χ2n) is 7.94. The molecule has 1 aliphatic carbocycles. The third-order valence-corrected chi connectivity index (χ3v) is 6.41. The zero-order chi connectivity index (χ0) is 19.7. The topological polar surface area (TPSA) is 58.3 Å². The van der Waals surface area contributed by atoms with Crippen LogP contribution in [0.15, 0.2) is 17.5 Å². The van der Waals surface area contributed by atoms with Crippen LogP contribution in [-0.2, 0) is 11.5 Å². The Bertz CT molecular complexity index is 860. The summed E-state index contributed by atoms with van der Waals surface area (Å²) in [5.74, 6) is 1.11. The fourth-order valence-electron chi connectivity index (χ4n) is 3.60. The number of thiophene rings is 1. The van der Waals surface area contributed by atoms with E-state index in [4.69, 9.17) is 17.3 Å². The minimum atomic E-state index is 0.106. The molecule has 2 fully saturated rings. The highest BCUT2D eigenvalue weighted by Crippen LogP contribution is 2.39. The summed E-state index contributed by atoms with van der Waals surface area (Å²) in [6.45, 7) is 8.78. The van der Waals surface area contributed by atoms with Gasteiger partial charge in [-0.2, -0.15) is 0 Å². The van der Waals surface area contributed by atoms with Crippen LogP contribution >= 0.6 is 23.6 Å². The molecular weight excluding hydrogens is 392 g/mol. The van der Waals surface area contributed by atoms with E-state index in [9.17, 15) is 4.79 Å². The summed E-state index contributed by atoms with van der Waals surface area (Å²) < 4.78 is 5.04. The highest BCUT2D eigenvalue weighted by atomic mass is 32.1. The molecule has 152 valence electrons. The Morgan fingerprint density at radius 3 is 2.61 bits per heavy atom. The lowest BCUT2D eigenvalue weighted by Gasteiger charge is -2.34. The van der Waals surface area contributed by atoms with Crippen molar-refractivity contribution in [3.63, 3.8) is 0 Å². The van der Waals surface area contributed by atoms with Gasteiger partial charge in [0.2, 0.25) is 5.91 Å². The minimum absolute atomic E-state index is 0.106. The lowest BCUT2D eigenvalue weighted by atomic mass is 10.3. The molecular formula is C19H28N6OS2. The van der Waals surface area contributed by atoms with E-state index >= 15 is 0 Å². The number of piperazine rings is 1. The van der Waals surface area contributed by atoms with E-state index < -0.39 is 0 Å². The molecule has 1 saturated carbocycles. The molecule has 28 heavy (non-hydrogen) atoms. The average molecular weight is 421 g/mol. The molecule has 0 bridgehead atoms. The number of carbonyl (C=O) groups excluding carboxylic acids is 1. The Kier molecular flexibility index (Phi) is 5.96. The predicted octanol–water partition coefficient (Wildman–Crippen LogP) is 2.58. The molecule has 1 amide bonds. The lowest BCUT2D eigenvalue weighted by Crippen LogP contribution is -2.50. The maximum Gasteiger partial charge on any atom is 0.234 e. The van der Waals surface area contributed by atoms with Crippen LogP contribution in [0.3, 0.4) is 0 Å². The quantitative estimate of drug-likeness (QED) is 0.698. The number of carbonyl (C=O) groups is 1. The summed E-state index contributed by atoms with van der Waals surface area (Å²) in [6, 6.07) is 4.88. The van der Waals surface area contributed by atoms with Crippen molar-refractivity contribution in [2.45, 2.75) is 45.4 Å². The molecule has 0 unspecified atom stereocenters. The van der Waals surface area contributed by atoms with Crippen molar-refractivity contribution in [2.24, 2.45) is 0 Å². The third-order valence-electron chi connectivity index (χ3n) is 5.14. The molecule has 2 aromatic heterocycles. The van der Waals surface area contributed by atoms with Gasteiger partial charge in [-0.25, -0.2) is 4.68 Å². The normalized spacial score (nSPS) is 18.7. The van der Waals surface area contributed by atoms with Gasteiger partial charge in [-0.3, -0.25) is 19.2 Å². The number of hydrogen-bond acceptors (Lipinski definition) is 6. The smallest absolute Gasteiger partial charge is 0.234 e. The average Bonchev–Trinajstić information content (AvgIpc) is 3.22. The van der Waals surface area contributed by atoms with Gasteiger partial charge in [-0.1, -0.05) is 6.07 Å². The standard InChI is InChI=1S/C19H28N6OS2/c1-14(2)20-17(26)12-22-7-9-23(10-8-22)13-24-19(27)25(15-5-6-15)18(21-24)16-4-3-11-28-16/h3-4,11,14-15H,5-10,12-13H2,1-2H3,(H,20,26). The summed E-state index contributed by atoms with van der Waals surface area (Å²) >= 11 is 7.48. The summed E-state index contributed by atoms with van der Waals surface area (Å²) in [5, 5.41) is 9.92. The summed E-state index contributed by atoms with van der Waals surface area (Å²) in [7, 11) is 0.